The van der Waals surface area contributed by atoms with Crippen molar-refractivity contribution in [2.24, 2.45) is 5.92 Å². The molecule has 0 aliphatic carbocycles. The maximum absolute atomic E-state index is 13.1. The Hall–Kier alpha value is -3.72. The summed E-state index contributed by atoms with van der Waals surface area (Å²) < 4.78 is 0. The summed E-state index contributed by atoms with van der Waals surface area (Å²) in [5.41, 5.74) is 5.35. The fourth-order valence-corrected chi connectivity index (χ4v) is 4.64. The largest absolute Gasteiger partial charge is 0.374 e. The van der Waals surface area contributed by atoms with Crippen LogP contribution in [0.3, 0.4) is 0 Å². The molecular weight excluding hydrogens is 468 g/mol. The number of allylic oxidation sites excluding steroid dienone is 1. The van der Waals surface area contributed by atoms with Crippen LogP contribution < -0.4 is 21.4 Å². The van der Waals surface area contributed by atoms with Crippen LogP contribution >= 0.6 is 0 Å². The van der Waals surface area contributed by atoms with Crippen LogP contribution in [0.5, 0.6) is 0 Å². The quantitative estimate of drug-likeness (QED) is 0.475. The Kier molecular flexibility index (Phi) is 7.92. The summed E-state index contributed by atoms with van der Waals surface area (Å²) in [7, 11) is 0. The molecular formula is C28H36N6O3. The number of amides is 3. The number of hydrogen-bond acceptors (Lipinski definition) is 6. The van der Waals surface area contributed by atoms with Crippen molar-refractivity contribution in [2.75, 3.05) is 6.54 Å². The van der Waals surface area contributed by atoms with Crippen LogP contribution in [0.1, 0.15) is 57.8 Å². The summed E-state index contributed by atoms with van der Waals surface area (Å²) in [6, 6.07) is 5.90. The number of hydrazine groups is 1. The highest BCUT2D eigenvalue weighted by molar-refractivity contribution is 5.90. The van der Waals surface area contributed by atoms with Crippen molar-refractivity contribution in [3.8, 4) is 0 Å². The molecule has 37 heavy (non-hydrogen) atoms. The number of hydrogen-bond donors (Lipinski definition) is 4. The van der Waals surface area contributed by atoms with E-state index in [1.54, 1.807) is 13.0 Å². The second-order valence-electron chi connectivity index (χ2n) is 10.2. The van der Waals surface area contributed by atoms with Crippen molar-refractivity contribution in [1.82, 2.24) is 31.4 Å². The molecule has 196 valence electrons. The highest BCUT2D eigenvalue weighted by atomic mass is 16.2. The zero-order chi connectivity index (χ0) is 26.7. The molecule has 2 aliphatic heterocycles. The Morgan fingerprint density at radius 1 is 0.973 bits per heavy atom. The molecule has 1 fully saturated rings. The van der Waals surface area contributed by atoms with Gasteiger partial charge in [-0.2, -0.15) is 0 Å². The number of rotatable bonds is 1. The third-order valence-corrected chi connectivity index (χ3v) is 6.87. The van der Waals surface area contributed by atoms with Crippen LogP contribution in [0.2, 0.25) is 0 Å². The monoisotopic (exact) mass is 504 g/mol. The minimum absolute atomic E-state index is 0.0503. The standard InChI is InChI=1S/C28H36N6O3/c1-16(2)25-27(36)32-19(5)28(37)34-12-6-7-24(33-34)26(35)31-18(4)20-9-10-21-15-29-23(14-22(21)13-20)11-8-17(3)30-25/h8-11,13-16,18-19,24-25,30,33H,3,6-7,12H2,1-2,4-5H3,(H,31,35)(H,32,36)/b11-8-/t18-,19?,24?,25?/m1/s1. The van der Waals surface area contributed by atoms with Crippen molar-refractivity contribution in [3.05, 3.63) is 60.1 Å². The number of aromatic nitrogens is 1. The van der Waals surface area contributed by atoms with Crippen molar-refractivity contribution in [1.29, 1.82) is 0 Å². The lowest BCUT2D eigenvalue weighted by atomic mass is 10.0. The molecule has 2 aliphatic rings. The number of carbonyl (C=O) groups is 3. The summed E-state index contributed by atoms with van der Waals surface area (Å²) in [5, 5.41) is 12.5. The van der Waals surface area contributed by atoms with E-state index in [1.165, 1.54) is 5.01 Å². The Bertz CT molecular complexity index is 1240. The summed E-state index contributed by atoms with van der Waals surface area (Å²) in [6.07, 6.45) is 6.73. The van der Waals surface area contributed by atoms with E-state index in [0.29, 0.717) is 25.1 Å². The molecule has 4 rings (SSSR count). The molecule has 1 aromatic carbocycles. The molecule has 1 aromatic heterocycles. The molecule has 3 amide bonds. The molecule has 4 atom stereocenters. The lowest BCUT2D eigenvalue weighted by molar-refractivity contribution is -0.143. The van der Waals surface area contributed by atoms with Gasteiger partial charge in [-0.3, -0.25) is 24.4 Å². The minimum Gasteiger partial charge on any atom is -0.374 e. The first kappa shape index (κ1) is 26.3. The summed E-state index contributed by atoms with van der Waals surface area (Å²) in [5.74, 6) is -0.802. The predicted octanol–water partition coefficient (Wildman–Crippen LogP) is 2.57. The topological polar surface area (TPSA) is 115 Å². The number of nitrogens with zero attached hydrogens (tertiary/aromatic N) is 2. The van der Waals surface area contributed by atoms with E-state index in [1.807, 2.05) is 51.2 Å². The maximum atomic E-state index is 13.1. The highest BCUT2D eigenvalue weighted by Gasteiger charge is 2.32. The van der Waals surface area contributed by atoms with Gasteiger partial charge in [0.15, 0.2) is 0 Å². The first-order valence-corrected chi connectivity index (χ1v) is 12.8. The molecule has 2 aromatic rings. The van der Waals surface area contributed by atoms with Gasteiger partial charge < -0.3 is 16.0 Å². The van der Waals surface area contributed by atoms with E-state index >= 15 is 0 Å². The van der Waals surface area contributed by atoms with Crippen LogP contribution in [0.4, 0.5) is 0 Å². The first-order chi connectivity index (χ1) is 17.6. The summed E-state index contributed by atoms with van der Waals surface area (Å²) in [4.78, 5) is 43.8. The van der Waals surface area contributed by atoms with Gasteiger partial charge in [0, 0.05) is 23.8 Å². The Morgan fingerprint density at radius 2 is 1.73 bits per heavy atom. The normalized spacial score (nSPS) is 26.7. The molecule has 9 nitrogen and oxygen atoms in total. The molecule has 3 heterocycles. The Morgan fingerprint density at radius 3 is 2.49 bits per heavy atom. The smallest absolute Gasteiger partial charge is 0.258 e. The molecule has 0 spiro atoms. The maximum Gasteiger partial charge on any atom is 0.258 e. The van der Waals surface area contributed by atoms with Crippen LogP contribution in [-0.2, 0) is 14.4 Å². The number of fused-ring (bicyclic) bond motifs is 4. The fourth-order valence-electron chi connectivity index (χ4n) is 4.64. The summed E-state index contributed by atoms with van der Waals surface area (Å²) in [6.45, 7) is 12.0. The van der Waals surface area contributed by atoms with Gasteiger partial charge in [-0.25, -0.2) is 5.43 Å². The molecule has 0 radical (unpaired) electrons. The number of pyridine rings is 1. The Labute approximate surface area is 217 Å². The van der Waals surface area contributed by atoms with E-state index in [4.69, 9.17) is 0 Å². The average Bonchev–Trinajstić information content (AvgIpc) is 2.88. The van der Waals surface area contributed by atoms with E-state index in [0.717, 1.165) is 22.0 Å². The molecule has 3 unspecified atom stereocenters. The Balaban J connectivity index is 1.68. The van der Waals surface area contributed by atoms with E-state index in [-0.39, 0.29) is 29.7 Å². The minimum atomic E-state index is -0.767. The molecule has 5 bridgehead atoms. The predicted molar refractivity (Wildman–Crippen MR) is 144 cm³/mol. The highest BCUT2D eigenvalue weighted by Crippen LogP contribution is 2.22. The van der Waals surface area contributed by atoms with E-state index in [9.17, 15) is 14.4 Å². The number of nitrogens with one attached hydrogen (secondary N) is 4. The summed E-state index contributed by atoms with van der Waals surface area (Å²) >= 11 is 0. The van der Waals surface area contributed by atoms with Gasteiger partial charge in [0.25, 0.3) is 5.91 Å². The molecule has 0 saturated carbocycles. The van der Waals surface area contributed by atoms with Crippen molar-refractivity contribution in [3.63, 3.8) is 0 Å². The van der Waals surface area contributed by atoms with E-state index < -0.39 is 18.1 Å². The lowest BCUT2D eigenvalue weighted by Gasteiger charge is -2.35. The third-order valence-electron chi connectivity index (χ3n) is 6.87. The third kappa shape index (κ3) is 6.17. The van der Waals surface area contributed by atoms with Gasteiger partial charge >= 0.3 is 0 Å². The van der Waals surface area contributed by atoms with Crippen molar-refractivity contribution >= 4 is 34.6 Å². The first-order valence-electron chi connectivity index (χ1n) is 12.8. The van der Waals surface area contributed by atoms with Gasteiger partial charge in [0.1, 0.15) is 18.1 Å². The van der Waals surface area contributed by atoms with Crippen molar-refractivity contribution in [2.45, 2.75) is 64.7 Å². The molecule has 9 heteroatoms. The van der Waals surface area contributed by atoms with Gasteiger partial charge in [-0.15, -0.1) is 0 Å². The van der Waals surface area contributed by atoms with Gasteiger partial charge in [-0.05, 0) is 67.8 Å². The zero-order valence-corrected chi connectivity index (χ0v) is 21.9. The van der Waals surface area contributed by atoms with Crippen molar-refractivity contribution < 1.29 is 14.4 Å². The molecule has 4 N–H and O–H groups in total. The fraction of sp³-hybridized carbons (Fsp3) is 0.429. The van der Waals surface area contributed by atoms with Gasteiger partial charge in [-0.1, -0.05) is 32.6 Å². The lowest BCUT2D eigenvalue weighted by Crippen LogP contribution is -2.61. The van der Waals surface area contributed by atoms with Crippen LogP contribution in [-0.4, -0.2) is 52.4 Å². The van der Waals surface area contributed by atoms with E-state index in [2.05, 4.69) is 39.0 Å². The second-order valence-corrected chi connectivity index (χ2v) is 10.2. The van der Waals surface area contributed by atoms with Gasteiger partial charge in [0.2, 0.25) is 11.8 Å². The van der Waals surface area contributed by atoms with Gasteiger partial charge in [0.05, 0.1) is 11.7 Å². The SMILES string of the molecule is C=C1/C=C\c2cc3cc(ccc3cn2)[C@@H](C)NC(=O)C2CCCN(N2)C(=O)C(C)NC(=O)C(C(C)C)N1. The average molecular weight is 505 g/mol. The van der Waals surface area contributed by atoms with Crippen LogP contribution in [0.25, 0.3) is 16.8 Å². The second kappa shape index (κ2) is 11.1. The van der Waals surface area contributed by atoms with Crippen LogP contribution in [0.15, 0.2) is 48.8 Å². The number of carbonyl (C=O) groups excluding carboxylic acids is 3. The zero-order valence-electron chi connectivity index (χ0n) is 21.9. The number of benzene rings is 1. The van der Waals surface area contributed by atoms with Crippen LogP contribution in [0, 0.1) is 5.92 Å². The molecule has 1 saturated heterocycles.